The lowest BCUT2D eigenvalue weighted by Crippen LogP contribution is -2.52. The molecule has 8 nitrogen and oxygen atoms in total. The van der Waals surface area contributed by atoms with Crippen LogP contribution in [0, 0.1) is 5.82 Å². The van der Waals surface area contributed by atoms with Crippen LogP contribution in [0.3, 0.4) is 0 Å². The number of amides is 3. The average molecular weight is 506 g/mol. The number of hydrogen-bond acceptors (Lipinski definition) is 6. The van der Waals surface area contributed by atoms with E-state index < -0.39 is 80.6 Å². The van der Waals surface area contributed by atoms with E-state index in [1.165, 1.54) is 36.4 Å². The number of ether oxygens (including phenoxy) is 2. The Morgan fingerprint density at radius 3 is 2.64 bits per heavy atom. The molecule has 190 valence electrons. The molecule has 0 saturated carbocycles. The lowest BCUT2D eigenvalue weighted by Gasteiger charge is -2.35. The zero-order valence-corrected chi connectivity index (χ0v) is 19.5. The van der Waals surface area contributed by atoms with E-state index in [2.05, 4.69) is 0 Å². The van der Waals surface area contributed by atoms with E-state index in [1.807, 2.05) is 0 Å². The van der Waals surface area contributed by atoms with Gasteiger partial charge in [-0.25, -0.2) is 4.39 Å². The minimum absolute atomic E-state index is 0.0291. The molecule has 3 aliphatic rings. The molecular formula is C27H30FN3O5. The van der Waals surface area contributed by atoms with E-state index >= 15 is 4.39 Å². The lowest BCUT2D eigenvalue weighted by atomic mass is 10.0. The van der Waals surface area contributed by atoms with Gasteiger partial charge in [0.25, 0.3) is 5.91 Å². The van der Waals surface area contributed by atoms with Crippen LogP contribution in [-0.4, -0.2) is 58.7 Å². The van der Waals surface area contributed by atoms with Crippen LogP contribution in [-0.2, 0) is 34.0 Å². The number of hydrogen-bond donors (Lipinski definition) is 1. The van der Waals surface area contributed by atoms with Crippen molar-refractivity contribution in [3.8, 4) is 5.75 Å². The zero-order valence-electron chi connectivity index (χ0n) is 29.5. The summed E-state index contributed by atoms with van der Waals surface area (Å²) in [6.45, 7) is -4.94. The molecular weight excluding hydrogens is 465 g/mol. The first-order valence-electron chi connectivity index (χ1n) is 16.1. The number of carbonyl (C=O) groups is 3. The third kappa shape index (κ3) is 4.85. The average Bonchev–Trinajstić information content (AvgIpc) is 3.25. The predicted octanol–water partition coefficient (Wildman–Crippen LogP) is 2.77. The number of benzene rings is 2. The number of nitrogens with zero attached hydrogens (tertiary/aromatic N) is 2. The van der Waals surface area contributed by atoms with Gasteiger partial charge in [-0.1, -0.05) is 24.3 Å². The molecule has 0 spiro atoms. The van der Waals surface area contributed by atoms with Gasteiger partial charge in [0.2, 0.25) is 11.8 Å². The van der Waals surface area contributed by atoms with Crippen LogP contribution < -0.4 is 10.1 Å². The Hall–Kier alpha value is -3.30. The summed E-state index contributed by atoms with van der Waals surface area (Å²) in [5.41, 5.74) is 0.0461. The molecule has 3 atom stereocenters. The Balaban J connectivity index is 1.39. The first-order chi connectivity index (χ1) is 21.0. The van der Waals surface area contributed by atoms with Crippen LogP contribution in [0.15, 0.2) is 36.4 Å². The number of imide groups is 1. The number of carbonyl (C=O) groups excluding carboxylic acids is 3. The van der Waals surface area contributed by atoms with Crippen LogP contribution in [0.4, 0.5) is 4.39 Å². The van der Waals surface area contributed by atoms with Crippen molar-refractivity contribution in [3.63, 3.8) is 0 Å². The number of morpholine rings is 1. The van der Waals surface area contributed by atoms with E-state index in [1.54, 1.807) is 5.32 Å². The van der Waals surface area contributed by atoms with Crippen molar-refractivity contribution in [1.82, 2.24) is 15.1 Å². The molecule has 0 bridgehead atoms. The van der Waals surface area contributed by atoms with Gasteiger partial charge in [0.05, 0.1) is 21.4 Å². The third-order valence-electron chi connectivity index (χ3n) is 5.83. The molecule has 9 heteroatoms. The Kier molecular flexibility index (Phi) is 4.18. The monoisotopic (exact) mass is 505 g/mol. The molecule has 3 heterocycles. The summed E-state index contributed by atoms with van der Waals surface area (Å²) in [6, 6.07) is 6.41. The van der Waals surface area contributed by atoms with Gasteiger partial charge >= 0.3 is 0 Å². The second-order valence-corrected chi connectivity index (χ2v) is 8.41. The fourth-order valence-corrected chi connectivity index (χ4v) is 4.25. The molecule has 1 N–H and O–H groups in total. The molecule has 0 radical (unpaired) electrons. The van der Waals surface area contributed by atoms with Crippen LogP contribution >= 0.6 is 0 Å². The summed E-state index contributed by atoms with van der Waals surface area (Å²) in [5, 5.41) is 1.78. The van der Waals surface area contributed by atoms with Gasteiger partial charge in [0.15, 0.2) is 0 Å². The second kappa shape index (κ2) is 9.99. The van der Waals surface area contributed by atoms with Crippen molar-refractivity contribution < 1.29 is 42.0 Å². The number of fused-ring (bicyclic) bond motifs is 1. The first-order valence-corrected chi connectivity index (χ1v) is 11.1. The van der Waals surface area contributed by atoms with E-state index in [4.69, 9.17) is 23.2 Å². The smallest absolute Gasteiger partial charge is 0.255 e. The van der Waals surface area contributed by atoms with Gasteiger partial charge in [-0.15, -0.1) is 0 Å². The maximum absolute atomic E-state index is 15.8. The van der Waals surface area contributed by atoms with E-state index in [-0.39, 0.29) is 34.5 Å². The third-order valence-corrected chi connectivity index (χ3v) is 5.83. The zero-order chi connectivity index (χ0) is 34.4. The van der Waals surface area contributed by atoms with Gasteiger partial charge in [-0.05, 0) is 32.4 Å². The topological polar surface area (TPSA) is 88.2 Å². The number of piperidine rings is 1. The maximum atomic E-state index is 15.8. The fraction of sp³-hybridized carbons (Fsp3) is 0.444. The van der Waals surface area contributed by atoms with Gasteiger partial charge < -0.3 is 14.4 Å². The van der Waals surface area contributed by atoms with E-state index in [0.29, 0.717) is 4.90 Å². The quantitative estimate of drug-likeness (QED) is 0.608. The minimum atomic E-state index is -3.12. The molecule has 2 saturated heterocycles. The molecule has 2 aromatic carbocycles. The highest BCUT2D eigenvalue weighted by molar-refractivity contribution is 6.05. The molecule has 36 heavy (non-hydrogen) atoms. The van der Waals surface area contributed by atoms with Crippen molar-refractivity contribution in [2.45, 2.75) is 64.5 Å². The van der Waals surface area contributed by atoms with Crippen molar-refractivity contribution in [1.29, 1.82) is 0 Å². The normalized spacial score (nSPS) is 38.4. The van der Waals surface area contributed by atoms with Crippen LogP contribution in [0.5, 0.6) is 5.75 Å². The van der Waals surface area contributed by atoms with Crippen LogP contribution in [0.1, 0.15) is 67.3 Å². The SMILES string of the molecule is [2H]C1(C)OC([2H])(C)C([2H])([2H])N(Cc2cccc(COc3cccc4c3CN(C3C(=O)NC(=O)C([2H])([2H])C3([2H])[2H])C4=O)c2F)C1([2H])[2H]. The minimum Gasteiger partial charge on any atom is -0.488 e. The van der Waals surface area contributed by atoms with E-state index in [9.17, 15) is 14.4 Å². The molecule has 2 fully saturated rings. The highest BCUT2D eigenvalue weighted by Crippen LogP contribution is 2.34. The highest BCUT2D eigenvalue weighted by atomic mass is 19.1. The van der Waals surface area contributed by atoms with Crippen LogP contribution in [0.25, 0.3) is 0 Å². The van der Waals surface area contributed by atoms with Crippen LogP contribution in [0.2, 0.25) is 0 Å². The van der Waals surface area contributed by atoms with Gasteiger partial charge in [-0.2, -0.15) is 0 Å². The molecule has 0 aliphatic carbocycles. The first kappa shape index (κ1) is 15.1. The Labute approximate surface area is 223 Å². The number of nitrogens with one attached hydrogen (secondary N) is 1. The summed E-state index contributed by atoms with van der Waals surface area (Å²) < 4.78 is 109. The molecule has 0 aromatic heterocycles. The fourth-order valence-electron chi connectivity index (χ4n) is 4.25. The Morgan fingerprint density at radius 2 is 1.86 bits per heavy atom. The Bertz CT molecular complexity index is 1610. The van der Waals surface area contributed by atoms with Gasteiger partial charge in [-0.3, -0.25) is 24.6 Å². The van der Waals surface area contributed by atoms with Crippen molar-refractivity contribution in [2.24, 2.45) is 0 Å². The summed E-state index contributed by atoms with van der Waals surface area (Å²) in [7, 11) is 0. The largest absolute Gasteiger partial charge is 0.488 e. The summed E-state index contributed by atoms with van der Waals surface area (Å²) >= 11 is 0. The summed E-state index contributed by atoms with van der Waals surface area (Å²) in [4.78, 5) is 39.3. The van der Waals surface area contributed by atoms with Crippen molar-refractivity contribution >= 4 is 17.7 Å². The molecule has 5 rings (SSSR count). The van der Waals surface area contributed by atoms with Crippen molar-refractivity contribution in [3.05, 3.63) is 64.5 Å². The second-order valence-electron chi connectivity index (χ2n) is 8.41. The van der Waals surface area contributed by atoms with Gasteiger partial charge in [0, 0.05) is 59.1 Å². The molecule has 3 amide bonds. The summed E-state index contributed by atoms with van der Waals surface area (Å²) in [5.74, 6) is -4.25. The van der Waals surface area contributed by atoms with Crippen molar-refractivity contribution in [2.75, 3.05) is 13.0 Å². The van der Waals surface area contributed by atoms with Gasteiger partial charge in [0.1, 0.15) is 24.2 Å². The molecule has 3 aliphatic heterocycles. The Morgan fingerprint density at radius 1 is 1.14 bits per heavy atom. The highest BCUT2D eigenvalue weighted by Gasteiger charge is 2.40. The standard InChI is InChI=1S/C27H30FN3O5/c1-16-11-30(12-17(2)36-16)13-18-5-3-6-19(25(18)28)15-35-23-8-4-7-20-21(23)14-31(27(20)34)22-9-10-24(32)29-26(22)33/h3-8,16-17,22H,9-15H2,1-2H3,(H,29,32,33)/i9D2,10D2,11D2,12D2,16D,17D. The summed E-state index contributed by atoms with van der Waals surface area (Å²) in [6.07, 6.45) is -10.9. The number of rotatable bonds is 6. The maximum Gasteiger partial charge on any atom is 0.255 e. The lowest BCUT2D eigenvalue weighted by molar-refractivity contribution is -0.136. The molecule has 3 unspecified atom stereocenters. The number of halogens is 1. The molecule has 2 aromatic rings. The van der Waals surface area contributed by atoms with E-state index in [0.717, 1.165) is 18.7 Å². The predicted molar refractivity (Wildman–Crippen MR) is 129 cm³/mol.